The van der Waals surface area contributed by atoms with Crippen LogP contribution in [0.3, 0.4) is 0 Å². The summed E-state index contributed by atoms with van der Waals surface area (Å²) in [5.74, 6) is 0.128. The molecule has 2 rings (SSSR count). The number of halogens is 3. The summed E-state index contributed by atoms with van der Waals surface area (Å²) in [7, 11) is 1.72. The molecule has 0 amide bonds. The molecular weight excluding hydrogens is 257 g/mol. The van der Waals surface area contributed by atoms with Crippen LogP contribution in [0.2, 0.25) is 0 Å². The van der Waals surface area contributed by atoms with Gasteiger partial charge in [0.1, 0.15) is 5.82 Å². The molecule has 0 saturated heterocycles. The average Bonchev–Trinajstić information content (AvgIpc) is 2.74. The maximum absolute atomic E-state index is 12.5. The van der Waals surface area contributed by atoms with E-state index in [1.54, 1.807) is 17.8 Å². The third-order valence-corrected chi connectivity index (χ3v) is 2.75. The minimum absolute atomic E-state index is 0.0230. The van der Waals surface area contributed by atoms with Crippen LogP contribution in [0.5, 0.6) is 0 Å². The number of alkyl halides is 3. The third-order valence-electron chi connectivity index (χ3n) is 2.75. The number of carbonyl (C=O) groups excluding carboxylic acids is 1. The van der Waals surface area contributed by atoms with E-state index in [9.17, 15) is 18.0 Å². The zero-order chi connectivity index (χ0) is 14.0. The largest absolute Gasteiger partial charge is 0.416 e. The summed E-state index contributed by atoms with van der Waals surface area (Å²) in [4.78, 5) is 15.9. The molecule has 3 nitrogen and oxygen atoms in total. The molecule has 0 spiro atoms. The molecule has 0 aliphatic carbocycles. The Labute approximate surface area is 107 Å². The molecule has 0 N–H and O–H groups in total. The molecule has 100 valence electrons. The Balaban J connectivity index is 2.23. The first-order valence-corrected chi connectivity index (χ1v) is 5.54. The highest BCUT2D eigenvalue weighted by molar-refractivity contribution is 5.97. The van der Waals surface area contributed by atoms with Crippen LogP contribution in [0.25, 0.3) is 0 Å². The summed E-state index contributed by atoms with van der Waals surface area (Å²) in [5.41, 5.74) is -0.781. The Morgan fingerprint density at radius 3 is 2.68 bits per heavy atom. The van der Waals surface area contributed by atoms with Crippen molar-refractivity contribution in [1.29, 1.82) is 0 Å². The average molecular weight is 268 g/mol. The van der Waals surface area contributed by atoms with Crippen LogP contribution in [0, 0.1) is 0 Å². The Bertz CT molecular complexity index is 602. The minimum atomic E-state index is -4.44. The first-order valence-electron chi connectivity index (χ1n) is 5.54. The lowest BCUT2D eigenvalue weighted by atomic mass is 10.0. The second-order valence-corrected chi connectivity index (χ2v) is 4.13. The van der Waals surface area contributed by atoms with E-state index in [0.717, 1.165) is 12.1 Å². The van der Waals surface area contributed by atoms with Crippen molar-refractivity contribution >= 4 is 5.78 Å². The molecule has 0 aliphatic rings. The smallest absolute Gasteiger partial charge is 0.338 e. The van der Waals surface area contributed by atoms with Gasteiger partial charge in [0.15, 0.2) is 5.78 Å². The molecule has 0 bridgehead atoms. The van der Waals surface area contributed by atoms with Gasteiger partial charge in [-0.1, -0.05) is 12.1 Å². The van der Waals surface area contributed by atoms with Crippen molar-refractivity contribution in [3.05, 3.63) is 53.6 Å². The van der Waals surface area contributed by atoms with Crippen molar-refractivity contribution in [2.45, 2.75) is 12.6 Å². The monoisotopic (exact) mass is 268 g/mol. The predicted molar refractivity (Wildman–Crippen MR) is 62.7 cm³/mol. The van der Waals surface area contributed by atoms with Gasteiger partial charge in [-0.15, -0.1) is 0 Å². The van der Waals surface area contributed by atoms with Crippen molar-refractivity contribution in [3.63, 3.8) is 0 Å². The Hall–Kier alpha value is -2.11. The van der Waals surface area contributed by atoms with E-state index in [-0.39, 0.29) is 17.8 Å². The van der Waals surface area contributed by atoms with Gasteiger partial charge in [-0.25, -0.2) is 4.98 Å². The van der Waals surface area contributed by atoms with Crippen molar-refractivity contribution in [3.8, 4) is 0 Å². The van der Waals surface area contributed by atoms with Gasteiger partial charge < -0.3 is 4.57 Å². The number of Topliss-reactive ketones (excluding diaryl/α,β-unsaturated/α-hetero) is 1. The molecule has 0 atom stereocenters. The molecule has 0 aliphatic heterocycles. The number of benzene rings is 1. The number of nitrogens with zero attached hydrogens (tertiary/aromatic N) is 2. The Kier molecular flexibility index (Phi) is 3.42. The van der Waals surface area contributed by atoms with E-state index in [1.165, 1.54) is 18.3 Å². The van der Waals surface area contributed by atoms with Crippen molar-refractivity contribution in [2.75, 3.05) is 0 Å². The van der Waals surface area contributed by atoms with Crippen LogP contribution in [0.4, 0.5) is 13.2 Å². The van der Waals surface area contributed by atoms with Gasteiger partial charge in [-0.3, -0.25) is 4.79 Å². The van der Waals surface area contributed by atoms with Crippen molar-refractivity contribution in [2.24, 2.45) is 7.05 Å². The molecule has 6 heteroatoms. The van der Waals surface area contributed by atoms with Gasteiger partial charge in [0.05, 0.1) is 12.0 Å². The second kappa shape index (κ2) is 4.87. The molecule has 0 unspecified atom stereocenters. The highest BCUT2D eigenvalue weighted by Crippen LogP contribution is 2.29. The second-order valence-electron chi connectivity index (χ2n) is 4.13. The number of aryl methyl sites for hydroxylation is 1. The number of aromatic nitrogens is 2. The van der Waals surface area contributed by atoms with Gasteiger partial charge in [-0.2, -0.15) is 13.2 Å². The van der Waals surface area contributed by atoms with Gasteiger partial charge in [0.2, 0.25) is 0 Å². The Morgan fingerprint density at radius 2 is 2.11 bits per heavy atom. The van der Waals surface area contributed by atoms with Crippen LogP contribution < -0.4 is 0 Å². The summed E-state index contributed by atoms with van der Waals surface area (Å²) in [6, 6.07) is 4.41. The van der Waals surface area contributed by atoms with E-state index in [2.05, 4.69) is 4.98 Å². The van der Waals surface area contributed by atoms with Gasteiger partial charge in [0.25, 0.3) is 0 Å². The molecule has 1 aromatic carbocycles. The summed E-state index contributed by atoms with van der Waals surface area (Å²) in [6.07, 6.45) is -1.26. The van der Waals surface area contributed by atoms with Crippen LogP contribution in [-0.4, -0.2) is 15.3 Å². The maximum atomic E-state index is 12.5. The summed E-state index contributed by atoms with van der Waals surface area (Å²) in [6.45, 7) is 0. The molecule has 0 radical (unpaired) electrons. The number of rotatable bonds is 3. The maximum Gasteiger partial charge on any atom is 0.416 e. The number of carbonyl (C=O) groups is 1. The fourth-order valence-corrected chi connectivity index (χ4v) is 1.68. The van der Waals surface area contributed by atoms with E-state index < -0.39 is 11.7 Å². The molecule has 1 heterocycles. The highest BCUT2D eigenvalue weighted by Gasteiger charge is 2.30. The first kappa shape index (κ1) is 13.3. The highest BCUT2D eigenvalue weighted by atomic mass is 19.4. The van der Waals surface area contributed by atoms with Gasteiger partial charge in [0, 0.05) is 25.0 Å². The SMILES string of the molecule is Cn1ccnc1CC(=O)c1cccc(C(F)(F)F)c1. The van der Waals surface area contributed by atoms with E-state index in [0.29, 0.717) is 5.82 Å². The summed E-state index contributed by atoms with van der Waals surface area (Å²) < 4.78 is 39.3. The quantitative estimate of drug-likeness (QED) is 0.802. The number of hydrogen-bond donors (Lipinski definition) is 0. The lowest BCUT2D eigenvalue weighted by Gasteiger charge is -2.08. The molecule has 2 aromatic rings. The number of ketones is 1. The van der Waals surface area contributed by atoms with Crippen LogP contribution in [-0.2, 0) is 19.6 Å². The molecular formula is C13H11F3N2O. The molecule has 0 saturated carbocycles. The predicted octanol–water partition coefficient (Wildman–Crippen LogP) is 2.86. The molecule has 0 fully saturated rings. The van der Waals surface area contributed by atoms with Crippen molar-refractivity contribution in [1.82, 2.24) is 9.55 Å². The van der Waals surface area contributed by atoms with Crippen LogP contribution in [0.1, 0.15) is 21.7 Å². The van der Waals surface area contributed by atoms with Gasteiger partial charge >= 0.3 is 6.18 Å². The zero-order valence-electron chi connectivity index (χ0n) is 10.1. The van der Waals surface area contributed by atoms with Crippen LogP contribution in [0.15, 0.2) is 36.7 Å². The lowest BCUT2D eigenvalue weighted by Crippen LogP contribution is -2.11. The standard InChI is InChI=1S/C13H11F3N2O/c1-18-6-5-17-12(18)8-11(19)9-3-2-4-10(7-9)13(14,15)16/h2-7H,8H2,1H3. The topological polar surface area (TPSA) is 34.9 Å². The number of hydrogen-bond acceptors (Lipinski definition) is 2. The van der Waals surface area contributed by atoms with Crippen LogP contribution >= 0.6 is 0 Å². The molecule has 19 heavy (non-hydrogen) atoms. The molecule has 1 aromatic heterocycles. The first-order chi connectivity index (χ1) is 8.88. The lowest BCUT2D eigenvalue weighted by molar-refractivity contribution is -0.137. The normalized spacial score (nSPS) is 11.6. The Morgan fingerprint density at radius 1 is 1.37 bits per heavy atom. The minimum Gasteiger partial charge on any atom is -0.338 e. The fraction of sp³-hybridized carbons (Fsp3) is 0.231. The van der Waals surface area contributed by atoms with Crippen molar-refractivity contribution < 1.29 is 18.0 Å². The summed E-state index contributed by atoms with van der Waals surface area (Å²) >= 11 is 0. The van der Waals surface area contributed by atoms with E-state index in [4.69, 9.17) is 0 Å². The third kappa shape index (κ3) is 3.01. The van der Waals surface area contributed by atoms with E-state index in [1.807, 2.05) is 0 Å². The number of imidazole rings is 1. The van der Waals surface area contributed by atoms with E-state index >= 15 is 0 Å². The fourth-order valence-electron chi connectivity index (χ4n) is 1.68. The summed E-state index contributed by atoms with van der Waals surface area (Å²) in [5, 5.41) is 0. The zero-order valence-corrected chi connectivity index (χ0v) is 10.1. The van der Waals surface area contributed by atoms with Gasteiger partial charge in [-0.05, 0) is 12.1 Å².